The third-order valence-electron chi connectivity index (χ3n) is 6.28. The van der Waals surface area contributed by atoms with Crippen LogP contribution in [0.4, 0.5) is 0 Å². The Bertz CT molecular complexity index is 1080. The zero-order chi connectivity index (χ0) is 16.6. The quantitative estimate of drug-likeness (QED) is 0.422. The normalized spacial score (nSPS) is 15.0. The van der Waals surface area contributed by atoms with Crippen LogP contribution in [0.5, 0.6) is 0 Å². The minimum atomic E-state index is 1.09. The van der Waals surface area contributed by atoms with E-state index in [2.05, 4.69) is 57.2 Å². The molecule has 0 heterocycles. The molecule has 0 radical (unpaired) electrons. The zero-order valence-corrected chi connectivity index (χ0v) is 16.9. The monoisotopic (exact) mass is 324 g/mol. The van der Waals surface area contributed by atoms with Gasteiger partial charge in [0.25, 0.3) is 16.3 Å². The molecule has 0 amide bonds. The van der Waals surface area contributed by atoms with Crippen molar-refractivity contribution in [3.8, 4) is 11.1 Å². The first-order valence-electron chi connectivity index (χ1n) is 8.90. The minimum absolute atomic E-state index is 1.09. The molecule has 5 rings (SSSR count). The Morgan fingerprint density at radius 2 is 1.33 bits per heavy atom. The lowest BCUT2D eigenvalue weighted by atomic mass is 9.89. The fourth-order valence-electron chi connectivity index (χ4n) is 4.72. The topological polar surface area (TPSA) is 0 Å². The van der Waals surface area contributed by atoms with E-state index in [1.807, 2.05) is 0 Å². The summed E-state index contributed by atoms with van der Waals surface area (Å²) in [6, 6.07) is 14.1. The van der Waals surface area contributed by atoms with E-state index >= 15 is 0 Å². The number of allylic oxidation sites excluding steroid dienone is 2. The summed E-state index contributed by atoms with van der Waals surface area (Å²) < 4.78 is 1.54. The highest BCUT2D eigenvalue weighted by Gasteiger charge is 2.27. The van der Waals surface area contributed by atoms with E-state index in [1.54, 1.807) is 0 Å². The lowest BCUT2D eigenvalue weighted by Crippen LogP contribution is -2.08. The van der Waals surface area contributed by atoms with Crippen LogP contribution in [-0.2, 0) is 12.8 Å². The van der Waals surface area contributed by atoms with Gasteiger partial charge in [-0.05, 0) is 83.3 Å². The number of benzene rings is 3. The Morgan fingerprint density at radius 1 is 0.708 bits per heavy atom. The number of hydrogen-bond donors (Lipinski definition) is 0. The van der Waals surface area contributed by atoms with E-state index in [0.29, 0.717) is 0 Å². The third kappa shape index (κ3) is 1.75. The van der Waals surface area contributed by atoms with Crippen LogP contribution >= 0.6 is 0 Å². The van der Waals surface area contributed by atoms with E-state index in [1.165, 1.54) is 65.3 Å². The number of fused-ring (bicyclic) bond motifs is 7. The van der Waals surface area contributed by atoms with Gasteiger partial charge in [0.15, 0.2) is 0 Å². The second-order valence-corrected chi connectivity index (χ2v) is 8.68. The van der Waals surface area contributed by atoms with Gasteiger partial charge in [0.05, 0.1) is 0 Å². The van der Waals surface area contributed by atoms with Gasteiger partial charge in [0, 0.05) is 0 Å². The molecule has 0 atom stereocenters. The second kappa shape index (κ2) is 4.85. The van der Waals surface area contributed by atoms with Crippen molar-refractivity contribution in [3.63, 3.8) is 0 Å². The molecule has 0 spiro atoms. The summed E-state index contributed by atoms with van der Waals surface area (Å²) in [5.74, 6) is 0. The number of rotatable bonds is 0. The predicted octanol–water partition coefficient (Wildman–Crippen LogP) is 4.33. The van der Waals surface area contributed by atoms with Gasteiger partial charge in [-0.3, -0.25) is 0 Å². The summed E-state index contributed by atoms with van der Waals surface area (Å²) in [6.07, 6.45) is 2.21. The van der Waals surface area contributed by atoms with Crippen LogP contribution in [0.1, 0.15) is 41.7 Å². The fourth-order valence-corrected chi connectivity index (χ4v) is 5.13. The Hall–Kier alpha value is -1.81. The highest BCUT2D eigenvalue weighted by Crippen LogP contribution is 2.47. The van der Waals surface area contributed by atoms with Crippen LogP contribution in [0.15, 0.2) is 42.0 Å². The zero-order valence-electron chi connectivity index (χ0n) is 14.9. The largest absolute Gasteiger partial charge is 0.259 e. The standard InChI is InChI=1S/C23H19.Al.2H/c1-13-5-4-6-17-12-19-10-8-16-7-9-18-11-14(2)15(3)21(18)22(16)23(19)20(13)17;;;/h4,6-10H,11-12H2,1-3H3;;;. The summed E-state index contributed by atoms with van der Waals surface area (Å²) in [4.78, 5) is 0. The highest BCUT2D eigenvalue weighted by molar-refractivity contribution is 6.34. The molecule has 0 N–H and O–H groups in total. The molecule has 2 aliphatic rings. The Morgan fingerprint density at radius 3 is 2.08 bits per heavy atom. The summed E-state index contributed by atoms with van der Waals surface area (Å²) in [7, 11) is 0. The van der Waals surface area contributed by atoms with Crippen molar-refractivity contribution in [2.45, 2.75) is 33.6 Å². The molecule has 0 nitrogen and oxygen atoms in total. The first-order valence-corrected chi connectivity index (χ1v) is 9.90. The molecule has 0 bridgehead atoms. The van der Waals surface area contributed by atoms with Crippen molar-refractivity contribution in [2.75, 3.05) is 0 Å². The fraction of sp³-hybridized carbons (Fsp3) is 0.217. The van der Waals surface area contributed by atoms with Gasteiger partial charge in [-0.15, -0.1) is 4.43 Å². The average molecular weight is 324 g/mol. The van der Waals surface area contributed by atoms with Crippen LogP contribution in [-0.4, -0.2) is 16.3 Å². The Balaban J connectivity index is 1.99. The minimum Gasteiger partial charge on any atom is -0.117 e. The summed E-state index contributed by atoms with van der Waals surface area (Å²) in [5.41, 5.74) is 13.7. The molecule has 116 valence electrons. The van der Waals surface area contributed by atoms with Crippen LogP contribution in [0, 0.1) is 6.92 Å². The molecule has 0 saturated carbocycles. The first kappa shape index (κ1) is 14.5. The summed E-state index contributed by atoms with van der Waals surface area (Å²) >= 11 is 1.12. The lowest BCUT2D eigenvalue weighted by Gasteiger charge is -2.15. The van der Waals surface area contributed by atoms with Crippen LogP contribution in [0.25, 0.3) is 27.5 Å². The number of hydrogen-bond acceptors (Lipinski definition) is 0. The molecular formula is C23H21Al. The molecule has 0 fully saturated rings. The van der Waals surface area contributed by atoms with Gasteiger partial charge >= 0.3 is 0 Å². The van der Waals surface area contributed by atoms with Gasteiger partial charge < -0.3 is 0 Å². The summed E-state index contributed by atoms with van der Waals surface area (Å²) in [5, 5.41) is 2.90. The smallest absolute Gasteiger partial charge is 0.117 e. The molecular weight excluding hydrogens is 303 g/mol. The van der Waals surface area contributed by atoms with Gasteiger partial charge in [-0.25, -0.2) is 0 Å². The second-order valence-electron chi connectivity index (χ2n) is 7.60. The highest BCUT2D eigenvalue weighted by atomic mass is 27.0. The van der Waals surface area contributed by atoms with Gasteiger partial charge in [-0.1, -0.05) is 47.5 Å². The van der Waals surface area contributed by atoms with E-state index in [9.17, 15) is 0 Å². The van der Waals surface area contributed by atoms with Crippen molar-refractivity contribution < 1.29 is 0 Å². The Kier molecular flexibility index (Phi) is 2.94. The van der Waals surface area contributed by atoms with Crippen molar-refractivity contribution in [2.24, 2.45) is 0 Å². The molecule has 2 aliphatic carbocycles. The first-order chi connectivity index (χ1) is 11.6. The van der Waals surface area contributed by atoms with Crippen LogP contribution in [0.2, 0.25) is 0 Å². The molecule has 24 heavy (non-hydrogen) atoms. The van der Waals surface area contributed by atoms with E-state index < -0.39 is 0 Å². The molecule has 3 aromatic carbocycles. The van der Waals surface area contributed by atoms with Gasteiger partial charge in [-0.2, -0.15) is 0 Å². The maximum Gasteiger partial charge on any atom is 0.259 e. The van der Waals surface area contributed by atoms with E-state index in [0.717, 1.165) is 29.1 Å². The van der Waals surface area contributed by atoms with Crippen molar-refractivity contribution in [3.05, 3.63) is 69.8 Å². The maximum absolute atomic E-state index is 2.37. The predicted molar refractivity (Wildman–Crippen MR) is 107 cm³/mol. The molecule has 1 heteroatoms. The SMILES string of the molecule is CC1=C(C)c2c(ccc3ccc4c(c23)-c2c(cc[c]([AlH2])c2C)C4)C1. The average Bonchev–Trinajstić information content (AvgIpc) is 3.09. The maximum atomic E-state index is 2.37. The van der Waals surface area contributed by atoms with Gasteiger partial charge in [0.1, 0.15) is 0 Å². The lowest BCUT2D eigenvalue weighted by molar-refractivity contribution is 1.19. The van der Waals surface area contributed by atoms with Crippen LogP contribution in [0.3, 0.4) is 0 Å². The van der Waals surface area contributed by atoms with Crippen LogP contribution < -0.4 is 4.43 Å². The molecule has 0 aromatic heterocycles. The molecule has 0 saturated heterocycles. The van der Waals surface area contributed by atoms with Crippen molar-refractivity contribution in [1.82, 2.24) is 0 Å². The molecule has 0 aliphatic heterocycles. The van der Waals surface area contributed by atoms with Crippen molar-refractivity contribution in [1.29, 1.82) is 0 Å². The summed E-state index contributed by atoms with van der Waals surface area (Å²) in [6.45, 7) is 6.93. The van der Waals surface area contributed by atoms with E-state index in [4.69, 9.17) is 0 Å². The van der Waals surface area contributed by atoms with E-state index in [-0.39, 0.29) is 0 Å². The third-order valence-corrected chi connectivity index (χ3v) is 7.37. The molecule has 0 unspecified atom stereocenters. The Labute approximate surface area is 151 Å². The molecule has 3 aromatic rings. The van der Waals surface area contributed by atoms with Gasteiger partial charge in [0.2, 0.25) is 0 Å². The van der Waals surface area contributed by atoms with Crippen molar-refractivity contribution >= 4 is 37.1 Å².